The van der Waals surface area contributed by atoms with E-state index in [1.807, 2.05) is 0 Å². The molecule has 254 valence electrons. The number of carbonyl (C=O) groups is 3. The van der Waals surface area contributed by atoms with Gasteiger partial charge in [0.05, 0.1) is 6.61 Å². The Labute approximate surface area is 283 Å². The summed E-state index contributed by atoms with van der Waals surface area (Å²) in [6.45, 7) is 2.89. The van der Waals surface area contributed by atoms with Crippen LogP contribution in [0.1, 0.15) is 122 Å². The second-order valence-corrected chi connectivity index (χ2v) is 9.68. The summed E-state index contributed by atoms with van der Waals surface area (Å²) in [6, 6.07) is 0. The van der Waals surface area contributed by atoms with Crippen molar-refractivity contribution in [3.05, 3.63) is 0 Å². The Hall–Kier alpha value is -4.16. The van der Waals surface area contributed by atoms with E-state index in [-0.39, 0.29) is 36.7 Å². The van der Waals surface area contributed by atoms with E-state index in [9.17, 15) is 19.5 Å². The fraction of sp³-hybridized carbons (Fsp3) is 0.528. The van der Waals surface area contributed by atoms with Crippen LogP contribution < -0.4 is 0 Å². The van der Waals surface area contributed by atoms with Crippen molar-refractivity contribution < 1.29 is 47.5 Å². The highest BCUT2D eigenvalue weighted by Gasteiger charge is 2.15. The van der Waals surface area contributed by atoms with Crippen LogP contribution >= 0.6 is 12.6 Å². The van der Waals surface area contributed by atoms with Crippen LogP contribution in [-0.4, -0.2) is 41.5 Å². The number of rotatable bonds is 18. The molecule has 1 N–H and O–H groups in total. The summed E-state index contributed by atoms with van der Waals surface area (Å²) >= 11 is 3.33. The monoisotopic (exact) mass is 628 g/mol. The molecule has 0 heterocycles. The first-order chi connectivity index (χ1) is 20.9. The van der Waals surface area contributed by atoms with E-state index in [0.717, 1.165) is 19.3 Å². The van der Waals surface area contributed by atoms with E-state index in [1.165, 1.54) is 71.1 Å². The highest BCUT2D eigenvalue weighted by Crippen LogP contribution is 2.13. The summed E-state index contributed by atoms with van der Waals surface area (Å²) in [5.74, 6) is 29.4. The molecule has 0 aliphatic rings. The van der Waals surface area contributed by atoms with Crippen LogP contribution in [-0.2, 0) is 23.9 Å². The maximum Gasteiger partial charge on any atom is 0.385 e. The van der Waals surface area contributed by atoms with Crippen LogP contribution in [0, 0.1) is 83.4 Å². The molecule has 0 spiro atoms. The van der Waals surface area contributed by atoms with Crippen LogP contribution in [0.15, 0.2) is 0 Å². The fourth-order valence-corrected chi connectivity index (χ4v) is 3.26. The molecule has 0 aromatic rings. The first-order valence-corrected chi connectivity index (χ1v) is 14.9. The van der Waals surface area contributed by atoms with Crippen molar-refractivity contribution in [3.8, 4) is 83.4 Å². The van der Waals surface area contributed by atoms with Crippen molar-refractivity contribution in [2.45, 2.75) is 110 Å². The number of terminal acetylenes is 1. The van der Waals surface area contributed by atoms with E-state index >= 15 is 0 Å². The second-order valence-electron chi connectivity index (χ2n) is 9.05. The largest absolute Gasteiger partial charge is 0.456 e. The Morgan fingerprint density at radius 2 is 1.12 bits per heavy atom. The molecular formula is C36H68O6S. The predicted molar refractivity (Wildman–Crippen MR) is 201 cm³/mol. The molecule has 0 rings (SSSR count). The molecule has 0 aromatic carbocycles. The highest BCUT2D eigenvalue weighted by molar-refractivity contribution is 7.96. The van der Waals surface area contributed by atoms with Crippen molar-refractivity contribution in [3.63, 3.8) is 0 Å². The number of aliphatic hydroxyl groups excluding tert-OH is 1. The summed E-state index contributed by atoms with van der Waals surface area (Å²) in [5.41, 5.74) is 0. The zero-order valence-corrected chi connectivity index (χ0v) is 26.3. The SMILES string of the molecule is C#CC#CC#CC#CC#CC#CC#CC(=O)OC[C@H](CO)OC(=O)CCCCCCCCCCCCCCC.CC(=O)S.[HH].[HH].[HH].[HH].[HH].[HH].[HH].[HH].[HH].[HH].[HH].[HH].[HH]. The van der Waals surface area contributed by atoms with Crippen molar-refractivity contribution >= 4 is 29.7 Å². The van der Waals surface area contributed by atoms with Gasteiger partial charge in [-0.3, -0.25) is 9.59 Å². The summed E-state index contributed by atoms with van der Waals surface area (Å²) in [6.07, 6.45) is 20.2. The Kier molecular flexibility index (Phi) is 32.4. The predicted octanol–water partition coefficient (Wildman–Crippen LogP) is 8.23. The molecular weight excluding hydrogens is 560 g/mol. The molecule has 0 fully saturated rings. The third kappa shape index (κ3) is 37.8. The normalized spacial score (nSPS) is 9.00. The number of hydrogen-bond donors (Lipinski definition) is 2. The van der Waals surface area contributed by atoms with Crippen LogP contribution in [0.5, 0.6) is 0 Å². The van der Waals surface area contributed by atoms with Gasteiger partial charge < -0.3 is 14.6 Å². The van der Waals surface area contributed by atoms with Crippen molar-refractivity contribution in [2.24, 2.45) is 0 Å². The first-order valence-electron chi connectivity index (χ1n) is 14.5. The maximum atomic E-state index is 12.0. The van der Waals surface area contributed by atoms with E-state index in [1.54, 1.807) is 0 Å². The smallest absolute Gasteiger partial charge is 0.385 e. The number of ether oxygens (including phenoxy) is 2. The minimum absolute atomic E-state index is 0. The molecule has 0 amide bonds. The molecule has 0 aliphatic carbocycles. The minimum Gasteiger partial charge on any atom is -0.456 e. The van der Waals surface area contributed by atoms with E-state index in [4.69, 9.17) is 15.9 Å². The zero-order valence-electron chi connectivity index (χ0n) is 25.4. The molecule has 0 bridgehead atoms. The van der Waals surface area contributed by atoms with Crippen LogP contribution in [0.25, 0.3) is 0 Å². The molecule has 43 heavy (non-hydrogen) atoms. The molecule has 0 unspecified atom stereocenters. The molecule has 0 radical (unpaired) electrons. The zero-order chi connectivity index (χ0) is 32.2. The lowest BCUT2D eigenvalue weighted by molar-refractivity contribution is -0.159. The van der Waals surface area contributed by atoms with Gasteiger partial charge in [-0.25, -0.2) is 4.79 Å². The van der Waals surface area contributed by atoms with Gasteiger partial charge >= 0.3 is 11.9 Å². The Morgan fingerprint density at radius 3 is 1.53 bits per heavy atom. The molecule has 6 nitrogen and oxygen atoms in total. The lowest BCUT2D eigenvalue weighted by Gasteiger charge is -2.14. The Balaban J connectivity index is -0.0000000723. The number of unbranched alkanes of at least 4 members (excludes halogenated alkanes) is 12. The third-order valence-corrected chi connectivity index (χ3v) is 5.25. The van der Waals surface area contributed by atoms with Gasteiger partial charge in [-0.2, -0.15) is 0 Å². The van der Waals surface area contributed by atoms with Gasteiger partial charge in [0.25, 0.3) is 0 Å². The standard InChI is InChI=1S/C34H38O5.C2H4OS.13H2/c1-3-5-7-9-11-13-15-17-19-21-23-25-27-29-34(37)39-32(30-35)31-38-33(36)28-26-24-22-20-18-16-14-12-10-8-6-4-2;1-2(3)4;;;;;;;;;;;;;/h2,32,35H,3,5,7,9,11,13,15,17,19,21,23,25,27,29-31H2,1H3;1H3,(H,3,4);13*1H/t32-;;;;;;;;;;;;;;/m0............../s1. The van der Waals surface area contributed by atoms with Gasteiger partial charge in [0.1, 0.15) is 6.61 Å². The topological polar surface area (TPSA) is 89.9 Å². The first kappa shape index (κ1) is 41.0. The molecule has 0 aliphatic heterocycles. The number of hydrogen-bond acceptors (Lipinski definition) is 6. The quantitative estimate of drug-likeness (QED) is 0.0523. The number of aliphatic hydroxyl groups is 1. The Bertz CT molecular complexity index is 1280. The number of thiol groups is 1. The third-order valence-electron chi connectivity index (χ3n) is 5.25. The number of esters is 2. The average Bonchev–Trinajstić information content (AvgIpc) is 2.97. The van der Waals surface area contributed by atoms with Crippen LogP contribution in [0.4, 0.5) is 0 Å². The van der Waals surface area contributed by atoms with E-state index in [0.29, 0.717) is 0 Å². The van der Waals surface area contributed by atoms with Crippen LogP contribution in [0.2, 0.25) is 0 Å². The summed E-state index contributed by atoms with van der Waals surface area (Å²) in [4.78, 5) is 33.0. The molecule has 7 heteroatoms. The van der Waals surface area contributed by atoms with Gasteiger partial charge in [0.2, 0.25) is 0 Å². The van der Waals surface area contributed by atoms with Crippen molar-refractivity contribution in [2.75, 3.05) is 13.2 Å². The van der Waals surface area contributed by atoms with Crippen molar-refractivity contribution in [1.29, 1.82) is 0 Å². The molecule has 0 aromatic heterocycles. The summed E-state index contributed by atoms with van der Waals surface area (Å²) in [5, 5.41) is 9.25. The average molecular weight is 629 g/mol. The van der Waals surface area contributed by atoms with Gasteiger partial charge in [0, 0.05) is 37.8 Å². The fourth-order valence-electron chi connectivity index (χ4n) is 3.26. The highest BCUT2D eigenvalue weighted by atomic mass is 32.1. The van der Waals surface area contributed by atoms with Gasteiger partial charge in [-0.1, -0.05) is 84.0 Å². The summed E-state index contributed by atoms with van der Waals surface area (Å²) < 4.78 is 10.1. The summed E-state index contributed by atoms with van der Waals surface area (Å²) in [7, 11) is 0. The lowest BCUT2D eigenvalue weighted by atomic mass is 10.0. The van der Waals surface area contributed by atoms with E-state index in [2.05, 4.69) is 96.5 Å². The van der Waals surface area contributed by atoms with Crippen LogP contribution in [0.3, 0.4) is 0 Å². The van der Waals surface area contributed by atoms with E-state index < -0.39 is 24.6 Å². The van der Waals surface area contributed by atoms with Crippen molar-refractivity contribution in [1.82, 2.24) is 0 Å². The second kappa shape index (κ2) is 34.0. The van der Waals surface area contributed by atoms with Gasteiger partial charge in [0.15, 0.2) is 11.2 Å². The number of carbonyl (C=O) groups excluding carboxylic acids is 3. The minimum atomic E-state index is -0.929. The molecule has 0 saturated carbocycles. The lowest BCUT2D eigenvalue weighted by Crippen LogP contribution is -2.28. The Morgan fingerprint density at radius 1 is 0.721 bits per heavy atom. The van der Waals surface area contributed by atoms with Gasteiger partial charge in [-0.15, -0.1) is 19.1 Å². The molecule has 0 saturated heterocycles. The van der Waals surface area contributed by atoms with Gasteiger partial charge in [-0.05, 0) is 77.5 Å². The maximum absolute atomic E-state index is 12.0. The molecule has 1 atom stereocenters.